The van der Waals surface area contributed by atoms with Gasteiger partial charge in [-0.1, -0.05) is 13.8 Å². The van der Waals surface area contributed by atoms with Crippen LogP contribution in [0.5, 0.6) is 0 Å². The summed E-state index contributed by atoms with van der Waals surface area (Å²) in [5, 5.41) is 0. The molecule has 2 heteroatoms. The van der Waals surface area contributed by atoms with Crippen molar-refractivity contribution in [3.05, 3.63) is 0 Å². The molecular formula is C11H22N2. The quantitative estimate of drug-likeness (QED) is 0.703. The van der Waals surface area contributed by atoms with Crippen molar-refractivity contribution in [1.82, 2.24) is 4.90 Å². The molecule has 0 aromatic heterocycles. The molecule has 0 aromatic carbocycles. The summed E-state index contributed by atoms with van der Waals surface area (Å²) in [5.74, 6) is 0. The summed E-state index contributed by atoms with van der Waals surface area (Å²) < 4.78 is 0. The average Bonchev–Trinajstić information content (AvgIpc) is 2.30. The molecule has 2 nitrogen and oxygen atoms in total. The maximum Gasteiger partial charge on any atom is 0.0332 e. The highest BCUT2D eigenvalue weighted by atomic mass is 15.2. The van der Waals surface area contributed by atoms with Gasteiger partial charge in [-0.25, -0.2) is 0 Å². The lowest BCUT2D eigenvalue weighted by molar-refractivity contribution is 0.0364. The van der Waals surface area contributed by atoms with Crippen LogP contribution in [0.4, 0.5) is 0 Å². The lowest BCUT2D eigenvalue weighted by Gasteiger charge is -2.48. The first kappa shape index (κ1) is 9.47. The Hall–Kier alpha value is -0.0800. The van der Waals surface area contributed by atoms with E-state index in [4.69, 9.17) is 5.73 Å². The monoisotopic (exact) mass is 182 g/mol. The second-order valence-corrected chi connectivity index (χ2v) is 5.62. The molecule has 13 heavy (non-hydrogen) atoms. The number of likely N-dealkylation sites (tertiary alicyclic amines) is 1. The Morgan fingerprint density at radius 3 is 2.23 bits per heavy atom. The van der Waals surface area contributed by atoms with Crippen molar-refractivity contribution in [3.8, 4) is 0 Å². The molecule has 2 rings (SSSR count). The van der Waals surface area contributed by atoms with Crippen molar-refractivity contribution in [2.24, 2.45) is 11.1 Å². The number of hydrogen-bond donors (Lipinski definition) is 1. The van der Waals surface area contributed by atoms with Crippen LogP contribution in [0.3, 0.4) is 0 Å². The molecule has 2 aliphatic rings. The van der Waals surface area contributed by atoms with Gasteiger partial charge in [-0.2, -0.15) is 0 Å². The van der Waals surface area contributed by atoms with Crippen LogP contribution >= 0.6 is 0 Å². The number of hydrogen-bond acceptors (Lipinski definition) is 2. The van der Waals surface area contributed by atoms with Crippen LogP contribution in [0, 0.1) is 5.41 Å². The Balaban J connectivity index is 2.02. The third kappa shape index (κ3) is 1.50. The van der Waals surface area contributed by atoms with Gasteiger partial charge in [0.1, 0.15) is 0 Å². The molecule has 1 saturated carbocycles. The van der Waals surface area contributed by atoms with Gasteiger partial charge in [0.2, 0.25) is 0 Å². The van der Waals surface area contributed by atoms with E-state index in [1.807, 2.05) is 0 Å². The Morgan fingerprint density at radius 1 is 1.23 bits per heavy atom. The molecule has 1 heterocycles. The molecule has 0 spiro atoms. The summed E-state index contributed by atoms with van der Waals surface area (Å²) in [7, 11) is 0. The normalized spacial score (nSPS) is 31.6. The van der Waals surface area contributed by atoms with Gasteiger partial charge >= 0.3 is 0 Å². The first-order valence-electron chi connectivity index (χ1n) is 5.53. The summed E-state index contributed by atoms with van der Waals surface area (Å²) in [6, 6.07) is 0. The van der Waals surface area contributed by atoms with Crippen molar-refractivity contribution in [1.29, 1.82) is 0 Å². The minimum absolute atomic E-state index is 0.410. The van der Waals surface area contributed by atoms with Gasteiger partial charge in [-0.15, -0.1) is 0 Å². The van der Waals surface area contributed by atoms with Crippen molar-refractivity contribution < 1.29 is 0 Å². The molecule has 0 unspecified atom stereocenters. The summed E-state index contributed by atoms with van der Waals surface area (Å²) >= 11 is 0. The predicted molar refractivity (Wildman–Crippen MR) is 55.6 cm³/mol. The van der Waals surface area contributed by atoms with Crippen LogP contribution in [0.15, 0.2) is 0 Å². The molecule has 0 bridgehead atoms. The van der Waals surface area contributed by atoms with Crippen LogP contribution in [0.2, 0.25) is 0 Å². The molecule has 76 valence electrons. The summed E-state index contributed by atoms with van der Waals surface area (Å²) in [6.45, 7) is 8.13. The van der Waals surface area contributed by atoms with Crippen LogP contribution in [0.1, 0.15) is 39.5 Å². The average molecular weight is 182 g/mol. The van der Waals surface area contributed by atoms with Crippen LogP contribution < -0.4 is 5.73 Å². The lowest BCUT2D eigenvalue weighted by atomic mass is 9.75. The van der Waals surface area contributed by atoms with E-state index in [9.17, 15) is 0 Å². The van der Waals surface area contributed by atoms with Crippen molar-refractivity contribution in [2.45, 2.75) is 45.1 Å². The minimum Gasteiger partial charge on any atom is -0.329 e. The predicted octanol–water partition coefficient (Wildman–Crippen LogP) is 1.60. The van der Waals surface area contributed by atoms with E-state index in [0.717, 1.165) is 6.54 Å². The summed E-state index contributed by atoms with van der Waals surface area (Å²) in [5.41, 5.74) is 6.83. The highest BCUT2D eigenvalue weighted by molar-refractivity contribution is 5.02. The standard InChI is InChI=1S/C11H22N2/c1-10(2)6-7-13(9-10)11(8-12)4-3-5-11/h3-9,12H2,1-2H3. The Labute approximate surface area is 81.5 Å². The number of nitrogens with zero attached hydrogens (tertiary/aromatic N) is 1. The highest BCUT2D eigenvalue weighted by Crippen LogP contribution is 2.42. The number of rotatable bonds is 2. The fourth-order valence-electron chi connectivity index (χ4n) is 2.75. The zero-order chi connectivity index (χ0) is 9.53. The van der Waals surface area contributed by atoms with Gasteiger partial charge in [-0.3, -0.25) is 4.90 Å². The lowest BCUT2D eigenvalue weighted by Crippen LogP contribution is -2.57. The van der Waals surface area contributed by atoms with E-state index in [2.05, 4.69) is 18.7 Å². The Morgan fingerprint density at radius 2 is 1.92 bits per heavy atom. The second kappa shape index (κ2) is 2.96. The van der Waals surface area contributed by atoms with E-state index in [0.29, 0.717) is 11.0 Å². The van der Waals surface area contributed by atoms with Gasteiger partial charge in [0.15, 0.2) is 0 Å². The SMILES string of the molecule is CC1(C)CCN(C2(CN)CCC2)C1. The smallest absolute Gasteiger partial charge is 0.0332 e. The van der Waals surface area contributed by atoms with Crippen molar-refractivity contribution >= 4 is 0 Å². The zero-order valence-corrected chi connectivity index (χ0v) is 8.97. The van der Waals surface area contributed by atoms with Crippen LogP contribution in [-0.4, -0.2) is 30.1 Å². The Bertz CT molecular complexity index is 189. The molecule has 1 aliphatic heterocycles. The first-order valence-corrected chi connectivity index (χ1v) is 5.53. The second-order valence-electron chi connectivity index (χ2n) is 5.62. The van der Waals surface area contributed by atoms with Gasteiger partial charge in [0.05, 0.1) is 0 Å². The molecule has 0 amide bonds. The van der Waals surface area contributed by atoms with E-state index in [-0.39, 0.29) is 0 Å². The summed E-state index contributed by atoms with van der Waals surface area (Å²) in [4.78, 5) is 2.65. The van der Waals surface area contributed by atoms with E-state index in [1.165, 1.54) is 38.8 Å². The fraction of sp³-hybridized carbons (Fsp3) is 1.00. The van der Waals surface area contributed by atoms with Gasteiger partial charge in [0, 0.05) is 18.6 Å². The first-order chi connectivity index (χ1) is 6.08. The van der Waals surface area contributed by atoms with E-state index >= 15 is 0 Å². The fourth-order valence-corrected chi connectivity index (χ4v) is 2.75. The molecule has 1 saturated heterocycles. The third-order valence-electron chi connectivity index (χ3n) is 4.01. The molecule has 0 radical (unpaired) electrons. The molecule has 0 atom stereocenters. The van der Waals surface area contributed by atoms with Gasteiger partial charge in [0.25, 0.3) is 0 Å². The highest BCUT2D eigenvalue weighted by Gasteiger charge is 2.45. The van der Waals surface area contributed by atoms with E-state index in [1.54, 1.807) is 0 Å². The van der Waals surface area contributed by atoms with Gasteiger partial charge in [-0.05, 0) is 37.6 Å². The number of nitrogens with two attached hydrogens (primary N) is 1. The largest absolute Gasteiger partial charge is 0.329 e. The third-order valence-corrected chi connectivity index (χ3v) is 4.01. The Kier molecular flexibility index (Phi) is 2.16. The maximum absolute atomic E-state index is 5.90. The van der Waals surface area contributed by atoms with Crippen LogP contribution in [0.25, 0.3) is 0 Å². The molecule has 1 aliphatic carbocycles. The van der Waals surface area contributed by atoms with Gasteiger partial charge < -0.3 is 5.73 Å². The zero-order valence-electron chi connectivity index (χ0n) is 8.97. The topological polar surface area (TPSA) is 29.3 Å². The maximum atomic E-state index is 5.90. The molecular weight excluding hydrogens is 160 g/mol. The van der Waals surface area contributed by atoms with Crippen molar-refractivity contribution in [2.75, 3.05) is 19.6 Å². The summed E-state index contributed by atoms with van der Waals surface area (Å²) in [6.07, 6.45) is 5.39. The van der Waals surface area contributed by atoms with Crippen molar-refractivity contribution in [3.63, 3.8) is 0 Å². The van der Waals surface area contributed by atoms with E-state index < -0.39 is 0 Å². The van der Waals surface area contributed by atoms with Crippen LogP contribution in [-0.2, 0) is 0 Å². The molecule has 2 N–H and O–H groups in total. The minimum atomic E-state index is 0.410. The molecule has 2 fully saturated rings. The molecule has 0 aromatic rings.